The maximum atomic E-state index is 12.6. The van der Waals surface area contributed by atoms with Crippen molar-refractivity contribution in [2.24, 2.45) is 23.5 Å². The molecule has 0 aromatic heterocycles. The fourth-order valence-corrected chi connectivity index (χ4v) is 3.22. The van der Waals surface area contributed by atoms with Crippen molar-refractivity contribution in [1.82, 2.24) is 9.80 Å². The topological polar surface area (TPSA) is 49.6 Å². The number of hydrogen-bond acceptors (Lipinski definition) is 3. The summed E-state index contributed by atoms with van der Waals surface area (Å²) in [5, 5.41) is 0. The van der Waals surface area contributed by atoms with Crippen molar-refractivity contribution in [3.8, 4) is 0 Å². The summed E-state index contributed by atoms with van der Waals surface area (Å²) in [6, 6.07) is 0. The molecule has 21 heavy (non-hydrogen) atoms. The van der Waals surface area contributed by atoms with Crippen molar-refractivity contribution in [3.05, 3.63) is 0 Å². The molecule has 4 nitrogen and oxygen atoms in total. The first kappa shape index (κ1) is 18.4. The van der Waals surface area contributed by atoms with Gasteiger partial charge in [0.1, 0.15) is 0 Å². The zero-order valence-corrected chi connectivity index (χ0v) is 14.5. The average Bonchev–Trinajstić information content (AvgIpc) is 2.37. The van der Waals surface area contributed by atoms with E-state index in [1.54, 1.807) is 0 Å². The molecule has 4 heteroatoms. The van der Waals surface area contributed by atoms with Crippen LogP contribution in [0.4, 0.5) is 0 Å². The van der Waals surface area contributed by atoms with Crippen LogP contribution in [0.15, 0.2) is 0 Å². The summed E-state index contributed by atoms with van der Waals surface area (Å²) in [7, 11) is 0. The van der Waals surface area contributed by atoms with Gasteiger partial charge in [-0.25, -0.2) is 0 Å². The van der Waals surface area contributed by atoms with Crippen molar-refractivity contribution in [1.29, 1.82) is 0 Å². The van der Waals surface area contributed by atoms with E-state index in [-0.39, 0.29) is 0 Å². The lowest BCUT2D eigenvalue weighted by Crippen LogP contribution is -2.46. The molecule has 0 radical (unpaired) electrons. The first-order chi connectivity index (χ1) is 9.92. The molecule has 0 aromatic carbocycles. The third-order valence-electron chi connectivity index (χ3n) is 4.06. The SMILES string of the molecule is CC(C)CN(CC(C)C)C(=O)CN1CCCC(CCN)C1. The lowest BCUT2D eigenvalue weighted by atomic mass is 9.95. The minimum atomic E-state index is 0.297. The molecular weight excluding hydrogens is 262 g/mol. The monoisotopic (exact) mass is 297 g/mol. The molecule has 1 unspecified atom stereocenters. The fraction of sp³-hybridized carbons (Fsp3) is 0.941. The lowest BCUT2D eigenvalue weighted by molar-refractivity contribution is -0.134. The quantitative estimate of drug-likeness (QED) is 0.747. The van der Waals surface area contributed by atoms with Gasteiger partial charge in [-0.1, -0.05) is 27.7 Å². The van der Waals surface area contributed by atoms with Crippen molar-refractivity contribution < 1.29 is 4.79 Å². The highest BCUT2D eigenvalue weighted by Gasteiger charge is 2.24. The van der Waals surface area contributed by atoms with Crippen LogP contribution >= 0.6 is 0 Å². The van der Waals surface area contributed by atoms with Crippen LogP contribution in [0.2, 0.25) is 0 Å². The molecule has 1 atom stereocenters. The molecule has 0 saturated carbocycles. The molecule has 1 saturated heterocycles. The number of nitrogens with zero attached hydrogens (tertiary/aromatic N) is 2. The number of carbonyl (C=O) groups excluding carboxylic acids is 1. The minimum Gasteiger partial charge on any atom is -0.341 e. The maximum absolute atomic E-state index is 12.6. The van der Waals surface area contributed by atoms with Crippen LogP contribution in [0.3, 0.4) is 0 Å². The summed E-state index contributed by atoms with van der Waals surface area (Å²) in [4.78, 5) is 17.0. The largest absolute Gasteiger partial charge is 0.341 e. The number of likely N-dealkylation sites (tertiary alicyclic amines) is 1. The number of piperidine rings is 1. The van der Waals surface area contributed by atoms with Crippen molar-refractivity contribution in [2.45, 2.75) is 47.0 Å². The molecule has 1 aliphatic heterocycles. The lowest BCUT2D eigenvalue weighted by Gasteiger charge is -2.34. The van der Waals surface area contributed by atoms with Crippen molar-refractivity contribution in [2.75, 3.05) is 39.3 Å². The Balaban J connectivity index is 2.50. The summed E-state index contributed by atoms with van der Waals surface area (Å²) >= 11 is 0. The van der Waals surface area contributed by atoms with E-state index in [0.717, 1.165) is 39.1 Å². The van der Waals surface area contributed by atoms with Gasteiger partial charge in [-0.2, -0.15) is 0 Å². The van der Waals surface area contributed by atoms with Crippen LogP contribution in [-0.2, 0) is 4.79 Å². The molecule has 1 aliphatic rings. The predicted molar refractivity (Wildman–Crippen MR) is 89.1 cm³/mol. The Kier molecular flexibility index (Phi) is 8.27. The van der Waals surface area contributed by atoms with Crippen LogP contribution in [0.25, 0.3) is 0 Å². The van der Waals surface area contributed by atoms with Gasteiger partial charge in [0.05, 0.1) is 6.54 Å². The Morgan fingerprint density at radius 2 is 1.86 bits per heavy atom. The average molecular weight is 297 g/mol. The summed E-state index contributed by atoms with van der Waals surface area (Å²) in [6.45, 7) is 13.9. The van der Waals surface area contributed by atoms with Crippen LogP contribution in [0, 0.1) is 17.8 Å². The summed E-state index contributed by atoms with van der Waals surface area (Å²) in [5.74, 6) is 2.03. The van der Waals surface area contributed by atoms with Gasteiger partial charge in [-0.05, 0) is 50.1 Å². The summed E-state index contributed by atoms with van der Waals surface area (Å²) in [6.07, 6.45) is 3.56. The molecule has 124 valence electrons. The number of carbonyl (C=O) groups is 1. The molecule has 1 amide bonds. The number of rotatable bonds is 8. The van der Waals surface area contributed by atoms with Gasteiger partial charge in [0, 0.05) is 19.6 Å². The van der Waals surface area contributed by atoms with Crippen LogP contribution in [0.1, 0.15) is 47.0 Å². The Morgan fingerprint density at radius 3 is 2.38 bits per heavy atom. The number of hydrogen-bond donors (Lipinski definition) is 1. The van der Waals surface area contributed by atoms with Crippen LogP contribution in [0.5, 0.6) is 0 Å². The number of amides is 1. The zero-order chi connectivity index (χ0) is 15.8. The van der Waals surface area contributed by atoms with Gasteiger partial charge in [0.25, 0.3) is 0 Å². The Labute approximate surface area is 131 Å². The highest BCUT2D eigenvalue weighted by molar-refractivity contribution is 5.78. The fourth-order valence-electron chi connectivity index (χ4n) is 3.22. The minimum absolute atomic E-state index is 0.297. The van der Waals surface area contributed by atoms with Crippen LogP contribution < -0.4 is 5.73 Å². The molecule has 0 aliphatic carbocycles. The molecule has 2 N–H and O–H groups in total. The summed E-state index contributed by atoms with van der Waals surface area (Å²) in [5.41, 5.74) is 5.67. The molecule has 0 aromatic rings. The summed E-state index contributed by atoms with van der Waals surface area (Å²) < 4.78 is 0. The molecular formula is C17H35N3O. The van der Waals surface area contributed by atoms with E-state index >= 15 is 0 Å². The first-order valence-corrected chi connectivity index (χ1v) is 8.62. The van der Waals surface area contributed by atoms with E-state index in [4.69, 9.17) is 5.73 Å². The third-order valence-corrected chi connectivity index (χ3v) is 4.06. The van der Waals surface area contributed by atoms with Gasteiger partial charge in [0.2, 0.25) is 5.91 Å². The van der Waals surface area contributed by atoms with E-state index < -0.39 is 0 Å². The van der Waals surface area contributed by atoms with Gasteiger partial charge >= 0.3 is 0 Å². The number of nitrogens with two attached hydrogens (primary N) is 1. The highest BCUT2D eigenvalue weighted by Crippen LogP contribution is 2.19. The van der Waals surface area contributed by atoms with E-state index in [0.29, 0.717) is 30.2 Å². The molecule has 1 fully saturated rings. The standard InChI is InChI=1S/C17H35N3O/c1-14(2)10-20(11-15(3)4)17(21)13-19-9-5-6-16(12-19)7-8-18/h14-16H,5-13,18H2,1-4H3. The smallest absolute Gasteiger partial charge is 0.236 e. The van der Waals surface area contributed by atoms with E-state index in [2.05, 4.69) is 37.5 Å². The first-order valence-electron chi connectivity index (χ1n) is 8.62. The van der Waals surface area contributed by atoms with E-state index in [1.165, 1.54) is 12.8 Å². The normalized spacial score (nSPS) is 20.2. The van der Waals surface area contributed by atoms with Gasteiger partial charge < -0.3 is 10.6 Å². The van der Waals surface area contributed by atoms with Gasteiger partial charge in [-0.15, -0.1) is 0 Å². The van der Waals surface area contributed by atoms with Gasteiger partial charge in [-0.3, -0.25) is 9.69 Å². The van der Waals surface area contributed by atoms with E-state index in [9.17, 15) is 4.79 Å². The Morgan fingerprint density at radius 1 is 1.24 bits per heavy atom. The molecule has 1 rings (SSSR count). The zero-order valence-electron chi connectivity index (χ0n) is 14.5. The second-order valence-corrected chi connectivity index (χ2v) is 7.41. The van der Waals surface area contributed by atoms with Crippen molar-refractivity contribution >= 4 is 5.91 Å². The van der Waals surface area contributed by atoms with Gasteiger partial charge in [0.15, 0.2) is 0 Å². The third kappa shape index (κ3) is 7.28. The van der Waals surface area contributed by atoms with Crippen LogP contribution in [-0.4, -0.2) is 55.0 Å². The Hall–Kier alpha value is -0.610. The molecule has 1 heterocycles. The second-order valence-electron chi connectivity index (χ2n) is 7.41. The molecule has 0 bridgehead atoms. The second kappa shape index (κ2) is 9.42. The molecule has 0 spiro atoms. The predicted octanol–water partition coefficient (Wildman–Crippen LogP) is 2.19. The van der Waals surface area contributed by atoms with Crippen molar-refractivity contribution in [3.63, 3.8) is 0 Å². The van der Waals surface area contributed by atoms with E-state index in [1.807, 2.05) is 0 Å². The maximum Gasteiger partial charge on any atom is 0.236 e. The Bertz CT molecular complexity index is 292. The highest BCUT2D eigenvalue weighted by atomic mass is 16.2.